The van der Waals surface area contributed by atoms with E-state index in [1.54, 1.807) is 0 Å². The fourth-order valence-corrected chi connectivity index (χ4v) is 2.67. The molecule has 0 atom stereocenters. The highest BCUT2D eigenvalue weighted by Crippen LogP contribution is 2.26. The van der Waals surface area contributed by atoms with Crippen molar-refractivity contribution in [3.05, 3.63) is 71.8 Å². The summed E-state index contributed by atoms with van der Waals surface area (Å²) in [6, 6.07) is 18.4. The minimum absolute atomic E-state index is 0.162. The van der Waals surface area contributed by atoms with Gasteiger partial charge in [-0.3, -0.25) is 9.59 Å². The third-order valence-electron chi connectivity index (χ3n) is 3.90. The van der Waals surface area contributed by atoms with Crippen molar-refractivity contribution in [1.29, 1.82) is 0 Å². The molecule has 0 bridgehead atoms. The number of carbonyl (C=O) groups is 3. The van der Waals surface area contributed by atoms with Crippen LogP contribution in [0.3, 0.4) is 0 Å². The number of ether oxygens (including phenoxy) is 2. The van der Waals surface area contributed by atoms with Crippen molar-refractivity contribution in [1.82, 2.24) is 4.90 Å². The Morgan fingerprint density at radius 2 is 1.56 bits per heavy atom. The van der Waals surface area contributed by atoms with Gasteiger partial charge in [0.2, 0.25) is 0 Å². The molecule has 1 fully saturated rings. The third kappa shape index (κ3) is 3.85. The molecule has 25 heavy (non-hydrogen) atoms. The minimum atomic E-state index is -0.705. The molecule has 0 spiro atoms. The molecular weight excluding hydrogens is 322 g/mol. The zero-order chi connectivity index (χ0) is 17.6. The molecule has 6 nitrogen and oxygen atoms in total. The predicted molar refractivity (Wildman–Crippen MR) is 88.7 cm³/mol. The average Bonchev–Trinajstić information content (AvgIpc) is 3.08. The van der Waals surface area contributed by atoms with Crippen molar-refractivity contribution in [2.45, 2.75) is 5.92 Å². The number of hydrogen-bond acceptors (Lipinski definition) is 5. The number of nitrogens with zero attached hydrogens (tertiary/aromatic N) is 1. The van der Waals surface area contributed by atoms with E-state index in [4.69, 9.17) is 9.47 Å². The Balaban J connectivity index is 1.74. The van der Waals surface area contributed by atoms with E-state index in [0.29, 0.717) is 0 Å². The molecule has 1 aliphatic heterocycles. The second kappa shape index (κ2) is 7.61. The quantitative estimate of drug-likeness (QED) is 0.782. The SMILES string of the molecule is O=C(OCC(=O)N1CCOC1=O)C(c1ccccc1)c1ccccc1. The summed E-state index contributed by atoms with van der Waals surface area (Å²) in [6.45, 7) is -0.157. The second-order valence-electron chi connectivity index (χ2n) is 5.52. The summed E-state index contributed by atoms with van der Waals surface area (Å²) in [6.07, 6.45) is -0.705. The van der Waals surface area contributed by atoms with Crippen LogP contribution in [-0.2, 0) is 19.1 Å². The molecule has 0 aromatic heterocycles. The first-order valence-corrected chi connectivity index (χ1v) is 7.90. The zero-order valence-electron chi connectivity index (χ0n) is 13.5. The predicted octanol–water partition coefficient (Wildman–Crippen LogP) is 2.34. The number of imide groups is 1. The summed E-state index contributed by atoms with van der Waals surface area (Å²) < 4.78 is 9.90. The van der Waals surface area contributed by atoms with E-state index in [-0.39, 0.29) is 13.2 Å². The number of carbonyl (C=O) groups excluding carboxylic acids is 3. The Morgan fingerprint density at radius 1 is 1.00 bits per heavy atom. The molecular formula is C19H17NO5. The first-order chi connectivity index (χ1) is 12.2. The van der Waals surface area contributed by atoms with Gasteiger partial charge in [0.05, 0.1) is 6.54 Å². The molecule has 3 rings (SSSR count). The molecule has 0 saturated carbocycles. The van der Waals surface area contributed by atoms with Gasteiger partial charge in [-0.05, 0) is 11.1 Å². The molecule has 128 valence electrons. The lowest BCUT2D eigenvalue weighted by molar-refractivity contribution is -0.151. The maximum atomic E-state index is 12.6. The highest BCUT2D eigenvalue weighted by molar-refractivity contribution is 5.94. The Hall–Kier alpha value is -3.15. The number of rotatable bonds is 5. The van der Waals surface area contributed by atoms with Gasteiger partial charge in [-0.2, -0.15) is 0 Å². The van der Waals surface area contributed by atoms with Crippen molar-refractivity contribution in [2.24, 2.45) is 0 Å². The van der Waals surface area contributed by atoms with Crippen LogP contribution in [0.15, 0.2) is 60.7 Å². The summed E-state index contributed by atoms with van der Waals surface area (Å²) in [4.78, 5) is 37.0. The Kier molecular flexibility index (Phi) is 5.09. The summed E-state index contributed by atoms with van der Waals surface area (Å²) in [5, 5.41) is 0. The number of benzene rings is 2. The lowest BCUT2D eigenvalue weighted by atomic mass is 9.91. The monoisotopic (exact) mass is 339 g/mol. The van der Waals surface area contributed by atoms with E-state index in [0.717, 1.165) is 16.0 Å². The number of esters is 1. The maximum absolute atomic E-state index is 12.6. The van der Waals surface area contributed by atoms with Crippen molar-refractivity contribution >= 4 is 18.0 Å². The number of cyclic esters (lactones) is 1. The van der Waals surface area contributed by atoms with Gasteiger partial charge in [0, 0.05) is 0 Å². The minimum Gasteiger partial charge on any atom is -0.455 e. The Bertz CT molecular complexity index is 720. The largest absolute Gasteiger partial charge is 0.455 e. The molecule has 0 N–H and O–H groups in total. The van der Waals surface area contributed by atoms with Crippen LogP contribution in [0, 0.1) is 0 Å². The first-order valence-electron chi connectivity index (χ1n) is 7.90. The lowest BCUT2D eigenvalue weighted by Crippen LogP contribution is -2.35. The summed E-state index contributed by atoms with van der Waals surface area (Å²) in [5.74, 6) is -1.77. The lowest BCUT2D eigenvalue weighted by Gasteiger charge is -2.17. The molecule has 2 aromatic carbocycles. The van der Waals surface area contributed by atoms with Gasteiger partial charge in [0.1, 0.15) is 12.5 Å². The van der Waals surface area contributed by atoms with Crippen molar-refractivity contribution in [2.75, 3.05) is 19.8 Å². The van der Waals surface area contributed by atoms with Gasteiger partial charge in [-0.15, -0.1) is 0 Å². The first kappa shape index (κ1) is 16.7. The Labute approximate surface area is 145 Å². The van der Waals surface area contributed by atoms with Crippen LogP contribution in [-0.4, -0.2) is 42.6 Å². The second-order valence-corrected chi connectivity index (χ2v) is 5.52. The van der Waals surface area contributed by atoms with E-state index in [1.807, 2.05) is 60.7 Å². The number of hydrogen-bond donors (Lipinski definition) is 0. The van der Waals surface area contributed by atoms with E-state index >= 15 is 0 Å². The zero-order valence-corrected chi connectivity index (χ0v) is 13.5. The van der Waals surface area contributed by atoms with Crippen LogP contribution in [0.4, 0.5) is 4.79 Å². The Morgan fingerprint density at radius 3 is 2.04 bits per heavy atom. The van der Waals surface area contributed by atoms with E-state index in [1.165, 1.54) is 0 Å². The van der Waals surface area contributed by atoms with Crippen LogP contribution in [0.5, 0.6) is 0 Å². The average molecular weight is 339 g/mol. The molecule has 0 radical (unpaired) electrons. The fraction of sp³-hybridized carbons (Fsp3) is 0.211. The van der Waals surface area contributed by atoms with E-state index < -0.39 is 30.5 Å². The summed E-state index contributed by atoms with van der Waals surface area (Å²) >= 11 is 0. The van der Waals surface area contributed by atoms with Gasteiger partial charge in [0.25, 0.3) is 5.91 Å². The van der Waals surface area contributed by atoms with Crippen LogP contribution < -0.4 is 0 Å². The molecule has 1 heterocycles. The van der Waals surface area contributed by atoms with Crippen molar-refractivity contribution < 1.29 is 23.9 Å². The summed E-state index contributed by atoms with van der Waals surface area (Å²) in [5.41, 5.74) is 1.54. The molecule has 2 aromatic rings. The summed E-state index contributed by atoms with van der Waals surface area (Å²) in [7, 11) is 0. The van der Waals surface area contributed by atoms with Gasteiger partial charge in [-0.25, -0.2) is 9.69 Å². The third-order valence-corrected chi connectivity index (χ3v) is 3.90. The standard InChI is InChI=1S/C19H17NO5/c21-16(20-11-12-24-19(20)23)13-25-18(22)17(14-7-3-1-4-8-14)15-9-5-2-6-10-15/h1-10,17H,11-13H2. The molecule has 6 heteroatoms. The maximum Gasteiger partial charge on any atom is 0.416 e. The fourth-order valence-electron chi connectivity index (χ4n) is 2.67. The number of amides is 2. The smallest absolute Gasteiger partial charge is 0.416 e. The van der Waals surface area contributed by atoms with E-state index in [2.05, 4.69) is 0 Å². The molecule has 1 aliphatic rings. The van der Waals surface area contributed by atoms with E-state index in [9.17, 15) is 14.4 Å². The van der Waals surface area contributed by atoms with Crippen LogP contribution in [0.1, 0.15) is 17.0 Å². The highest BCUT2D eigenvalue weighted by atomic mass is 16.6. The molecule has 0 aliphatic carbocycles. The highest BCUT2D eigenvalue weighted by Gasteiger charge is 2.30. The topological polar surface area (TPSA) is 72.9 Å². The van der Waals surface area contributed by atoms with Gasteiger partial charge in [-0.1, -0.05) is 60.7 Å². The normalized spacial score (nSPS) is 13.6. The molecule has 1 saturated heterocycles. The van der Waals surface area contributed by atoms with Gasteiger partial charge in [0.15, 0.2) is 6.61 Å². The molecule has 0 unspecified atom stereocenters. The van der Waals surface area contributed by atoms with Crippen LogP contribution in [0.2, 0.25) is 0 Å². The van der Waals surface area contributed by atoms with Gasteiger partial charge < -0.3 is 9.47 Å². The van der Waals surface area contributed by atoms with Gasteiger partial charge >= 0.3 is 12.1 Å². The van der Waals surface area contributed by atoms with Crippen LogP contribution in [0.25, 0.3) is 0 Å². The van der Waals surface area contributed by atoms with Crippen LogP contribution >= 0.6 is 0 Å². The van der Waals surface area contributed by atoms with Crippen molar-refractivity contribution in [3.63, 3.8) is 0 Å². The molecule has 2 amide bonds. The van der Waals surface area contributed by atoms with Crippen molar-refractivity contribution in [3.8, 4) is 0 Å².